The molecule has 202 valence electrons. The average molecular weight is 537 g/mol. The van der Waals surface area contributed by atoms with Crippen LogP contribution in [0.25, 0.3) is 33.2 Å². The number of carbonyl (C=O) groups excluding carboxylic acids is 1. The maximum Gasteiger partial charge on any atom is 0.357 e. The van der Waals surface area contributed by atoms with Gasteiger partial charge in [-0.1, -0.05) is 30.3 Å². The maximum absolute atomic E-state index is 13.2. The highest BCUT2D eigenvalue weighted by molar-refractivity contribution is 6.11. The van der Waals surface area contributed by atoms with Gasteiger partial charge in [-0.2, -0.15) is 0 Å². The zero-order chi connectivity index (χ0) is 28.1. The van der Waals surface area contributed by atoms with Gasteiger partial charge in [0.15, 0.2) is 17.2 Å². The van der Waals surface area contributed by atoms with Crippen LogP contribution in [0.15, 0.2) is 85.2 Å². The summed E-state index contributed by atoms with van der Waals surface area (Å²) >= 11 is 0. The molecule has 0 fully saturated rings. The summed E-state index contributed by atoms with van der Waals surface area (Å²) in [7, 11) is 5.95. The second-order valence-corrected chi connectivity index (χ2v) is 8.81. The van der Waals surface area contributed by atoms with Gasteiger partial charge in [0.2, 0.25) is 5.75 Å². The van der Waals surface area contributed by atoms with E-state index in [4.69, 9.17) is 28.7 Å². The highest BCUT2D eigenvalue weighted by Gasteiger charge is 2.25. The van der Waals surface area contributed by atoms with Gasteiger partial charge < -0.3 is 23.7 Å². The molecule has 0 unspecified atom stereocenters. The molecule has 0 amide bonds. The molecule has 0 aliphatic rings. The van der Waals surface area contributed by atoms with Crippen molar-refractivity contribution in [1.82, 2.24) is 9.97 Å². The smallest absolute Gasteiger partial charge is 0.357 e. The van der Waals surface area contributed by atoms with Crippen molar-refractivity contribution in [2.75, 3.05) is 28.4 Å². The molecule has 5 aromatic rings. The predicted octanol–water partition coefficient (Wildman–Crippen LogP) is 6.36. The van der Waals surface area contributed by atoms with E-state index in [1.165, 1.54) is 14.2 Å². The second-order valence-electron chi connectivity index (χ2n) is 8.81. The van der Waals surface area contributed by atoms with Gasteiger partial charge in [0, 0.05) is 28.9 Å². The lowest BCUT2D eigenvalue weighted by atomic mass is 9.93. The highest BCUT2D eigenvalue weighted by atomic mass is 16.5. The van der Waals surface area contributed by atoms with E-state index in [9.17, 15) is 4.79 Å². The van der Waals surface area contributed by atoms with Crippen LogP contribution in [0.2, 0.25) is 0 Å². The normalized spacial score (nSPS) is 10.7. The van der Waals surface area contributed by atoms with Crippen molar-refractivity contribution >= 4 is 16.7 Å². The number of fused-ring (bicyclic) bond motifs is 1. The lowest BCUT2D eigenvalue weighted by Gasteiger charge is -2.19. The highest BCUT2D eigenvalue weighted by Crippen LogP contribution is 2.45. The van der Waals surface area contributed by atoms with E-state index in [-0.39, 0.29) is 5.69 Å². The van der Waals surface area contributed by atoms with Crippen molar-refractivity contribution in [2.45, 2.75) is 6.61 Å². The summed E-state index contributed by atoms with van der Waals surface area (Å²) < 4.78 is 28.0. The molecule has 5 rings (SSSR count). The number of ether oxygens (including phenoxy) is 5. The molecule has 3 aromatic carbocycles. The number of hydrogen-bond acceptors (Lipinski definition) is 8. The summed E-state index contributed by atoms with van der Waals surface area (Å²) in [5.41, 5.74) is 3.71. The molecule has 0 spiro atoms. The number of hydrogen-bond donors (Lipinski definition) is 0. The largest absolute Gasteiger partial charge is 0.493 e. The minimum Gasteiger partial charge on any atom is -0.493 e. The van der Waals surface area contributed by atoms with Crippen LogP contribution in [0.3, 0.4) is 0 Å². The summed E-state index contributed by atoms with van der Waals surface area (Å²) in [5.74, 6) is 1.40. The average Bonchev–Trinajstić information content (AvgIpc) is 3.02. The number of methoxy groups -OCH3 is 4. The van der Waals surface area contributed by atoms with Crippen LogP contribution in [0.1, 0.15) is 16.1 Å². The zero-order valence-corrected chi connectivity index (χ0v) is 22.6. The van der Waals surface area contributed by atoms with Gasteiger partial charge in [-0.05, 0) is 59.0 Å². The standard InChI is InChI=1S/C32H28N2O6/c1-36-26-15-22(16-27(37-2)31(26)38-3)28-24-13-12-23(40-19-20-9-6-5-7-10-20)17-25(24)29(21-11-8-14-33-18-21)34-30(28)32(35)39-4/h5-18H,19H2,1-4H3. The fourth-order valence-electron chi connectivity index (χ4n) is 4.61. The van der Waals surface area contributed by atoms with Crippen molar-refractivity contribution < 1.29 is 28.5 Å². The third kappa shape index (κ3) is 5.11. The van der Waals surface area contributed by atoms with Crippen LogP contribution in [-0.2, 0) is 11.3 Å². The molecule has 8 heteroatoms. The molecule has 0 aliphatic heterocycles. The molecule has 2 aromatic heterocycles. The first-order chi connectivity index (χ1) is 19.6. The van der Waals surface area contributed by atoms with Crippen molar-refractivity contribution in [3.8, 4) is 45.4 Å². The van der Waals surface area contributed by atoms with Crippen molar-refractivity contribution in [1.29, 1.82) is 0 Å². The third-order valence-electron chi connectivity index (χ3n) is 6.49. The topological polar surface area (TPSA) is 89.0 Å². The number of nitrogens with zero attached hydrogens (tertiary/aromatic N) is 2. The molecule has 0 aliphatic carbocycles. The fourth-order valence-corrected chi connectivity index (χ4v) is 4.61. The van der Waals surface area contributed by atoms with E-state index in [1.54, 1.807) is 38.7 Å². The van der Waals surface area contributed by atoms with Crippen LogP contribution >= 0.6 is 0 Å². The van der Waals surface area contributed by atoms with Gasteiger partial charge >= 0.3 is 5.97 Å². The molecule has 0 saturated carbocycles. The first-order valence-corrected chi connectivity index (χ1v) is 12.5. The summed E-state index contributed by atoms with van der Waals surface area (Å²) in [4.78, 5) is 22.3. The van der Waals surface area contributed by atoms with Crippen molar-refractivity contribution in [2.24, 2.45) is 0 Å². The van der Waals surface area contributed by atoms with Gasteiger partial charge in [-0.3, -0.25) is 4.98 Å². The Labute approximate surface area is 232 Å². The van der Waals surface area contributed by atoms with Gasteiger partial charge in [0.25, 0.3) is 0 Å². The number of benzene rings is 3. The van der Waals surface area contributed by atoms with Crippen molar-refractivity contribution in [3.05, 3.63) is 96.4 Å². The minimum absolute atomic E-state index is 0.140. The first kappa shape index (κ1) is 26.5. The summed E-state index contributed by atoms with van der Waals surface area (Å²) in [5, 5.41) is 1.53. The Morgan fingerprint density at radius 1 is 0.775 bits per heavy atom. The molecule has 2 heterocycles. The van der Waals surface area contributed by atoms with Crippen LogP contribution in [0.4, 0.5) is 0 Å². The Bertz CT molecular complexity index is 1630. The number of pyridine rings is 2. The maximum atomic E-state index is 13.2. The van der Waals surface area contributed by atoms with E-state index < -0.39 is 5.97 Å². The Kier molecular flexibility index (Phi) is 7.77. The monoisotopic (exact) mass is 536 g/mol. The van der Waals surface area contributed by atoms with Gasteiger partial charge in [0.05, 0.1) is 34.1 Å². The number of rotatable bonds is 9. The van der Waals surface area contributed by atoms with Crippen LogP contribution in [0.5, 0.6) is 23.0 Å². The number of esters is 1. The van der Waals surface area contributed by atoms with Gasteiger partial charge in [-0.25, -0.2) is 9.78 Å². The SMILES string of the molecule is COC(=O)c1nc(-c2cccnc2)c2cc(OCc3ccccc3)ccc2c1-c1cc(OC)c(OC)c(OC)c1. The predicted molar refractivity (Wildman–Crippen MR) is 152 cm³/mol. The van der Waals surface area contributed by atoms with E-state index in [1.807, 2.05) is 60.7 Å². The Morgan fingerprint density at radius 2 is 1.52 bits per heavy atom. The number of aromatic nitrogens is 2. The van der Waals surface area contributed by atoms with Crippen LogP contribution < -0.4 is 18.9 Å². The summed E-state index contributed by atoms with van der Waals surface area (Å²) in [6.45, 7) is 0.405. The molecule has 40 heavy (non-hydrogen) atoms. The Hall–Kier alpha value is -5.11. The Morgan fingerprint density at radius 3 is 2.15 bits per heavy atom. The Balaban J connectivity index is 1.78. The van der Waals surface area contributed by atoms with Crippen LogP contribution in [0, 0.1) is 0 Å². The van der Waals surface area contributed by atoms with Crippen molar-refractivity contribution in [3.63, 3.8) is 0 Å². The quantitative estimate of drug-likeness (QED) is 0.201. The molecule has 0 radical (unpaired) electrons. The fraction of sp³-hybridized carbons (Fsp3) is 0.156. The zero-order valence-electron chi connectivity index (χ0n) is 22.6. The minimum atomic E-state index is -0.583. The molecule has 0 bridgehead atoms. The molecule has 8 nitrogen and oxygen atoms in total. The first-order valence-electron chi connectivity index (χ1n) is 12.5. The van der Waals surface area contributed by atoms with E-state index >= 15 is 0 Å². The van der Waals surface area contributed by atoms with Gasteiger partial charge in [0.1, 0.15) is 12.4 Å². The molecule has 0 atom stereocenters. The van der Waals surface area contributed by atoms with E-state index in [0.29, 0.717) is 46.4 Å². The van der Waals surface area contributed by atoms with Crippen LogP contribution in [-0.4, -0.2) is 44.4 Å². The number of carbonyl (C=O) groups is 1. The molecular formula is C32H28N2O6. The summed E-state index contributed by atoms with van der Waals surface area (Å²) in [6.07, 6.45) is 3.39. The van der Waals surface area contributed by atoms with E-state index in [0.717, 1.165) is 21.9 Å². The molecule has 0 N–H and O–H groups in total. The molecular weight excluding hydrogens is 508 g/mol. The van der Waals surface area contributed by atoms with Gasteiger partial charge in [-0.15, -0.1) is 0 Å². The lowest BCUT2D eigenvalue weighted by molar-refractivity contribution is 0.0595. The third-order valence-corrected chi connectivity index (χ3v) is 6.49. The molecule has 0 saturated heterocycles. The summed E-state index contributed by atoms with van der Waals surface area (Å²) in [6, 6.07) is 22.9. The lowest BCUT2D eigenvalue weighted by Crippen LogP contribution is -2.09. The second kappa shape index (κ2) is 11.7. The van der Waals surface area contributed by atoms with E-state index in [2.05, 4.69) is 4.98 Å².